The summed E-state index contributed by atoms with van der Waals surface area (Å²) in [6.45, 7) is 4.95. The lowest BCUT2D eigenvalue weighted by atomic mass is 9.91. The fraction of sp³-hybridized carbons (Fsp3) is 0.562. The highest BCUT2D eigenvalue weighted by Gasteiger charge is 2.22. The molecule has 1 aromatic carbocycles. The minimum Gasteiger partial charge on any atom is -0.508 e. The summed E-state index contributed by atoms with van der Waals surface area (Å²) in [6, 6.07) is 5.91. The van der Waals surface area contributed by atoms with Crippen LogP contribution in [0.4, 0.5) is 0 Å². The van der Waals surface area contributed by atoms with Crippen LogP contribution in [0.2, 0.25) is 0 Å². The zero-order valence-corrected chi connectivity index (χ0v) is 12.3. The van der Waals surface area contributed by atoms with Gasteiger partial charge in [0.05, 0.1) is 0 Å². The van der Waals surface area contributed by atoms with Crippen molar-refractivity contribution in [2.24, 2.45) is 0 Å². The van der Waals surface area contributed by atoms with E-state index in [2.05, 4.69) is 17.6 Å². The Hall–Kier alpha value is -1.55. The van der Waals surface area contributed by atoms with Gasteiger partial charge in [0.2, 0.25) is 0 Å². The Morgan fingerprint density at radius 1 is 1.25 bits per heavy atom. The molecule has 20 heavy (non-hydrogen) atoms. The van der Waals surface area contributed by atoms with Crippen LogP contribution in [0, 0.1) is 6.92 Å². The molecule has 0 saturated heterocycles. The van der Waals surface area contributed by atoms with E-state index in [-0.39, 0.29) is 17.7 Å². The number of carbonyl (C=O) groups is 1. The highest BCUT2D eigenvalue weighted by molar-refractivity contribution is 5.94. The largest absolute Gasteiger partial charge is 0.508 e. The molecule has 0 spiro atoms. The Kier molecular flexibility index (Phi) is 5.01. The summed E-state index contributed by atoms with van der Waals surface area (Å²) in [4.78, 5) is 12.1. The predicted octanol–water partition coefficient (Wildman–Crippen LogP) is 2.35. The van der Waals surface area contributed by atoms with Crippen LogP contribution in [0.1, 0.15) is 48.5 Å². The summed E-state index contributed by atoms with van der Waals surface area (Å²) < 4.78 is 0. The first-order valence-electron chi connectivity index (χ1n) is 7.44. The number of rotatable bonds is 4. The van der Waals surface area contributed by atoms with Gasteiger partial charge in [-0.2, -0.15) is 0 Å². The van der Waals surface area contributed by atoms with E-state index in [4.69, 9.17) is 0 Å². The highest BCUT2D eigenvalue weighted by Crippen LogP contribution is 2.20. The van der Waals surface area contributed by atoms with Gasteiger partial charge in [0, 0.05) is 17.6 Å². The number of benzene rings is 1. The third-order valence-electron chi connectivity index (χ3n) is 4.03. The Morgan fingerprint density at radius 2 is 1.90 bits per heavy atom. The van der Waals surface area contributed by atoms with E-state index in [1.165, 1.54) is 6.07 Å². The smallest absolute Gasteiger partial charge is 0.251 e. The van der Waals surface area contributed by atoms with E-state index >= 15 is 0 Å². The second kappa shape index (κ2) is 6.75. The molecular formula is C16H24N2O2. The third-order valence-corrected chi connectivity index (χ3v) is 4.03. The summed E-state index contributed by atoms with van der Waals surface area (Å²) >= 11 is 0. The van der Waals surface area contributed by atoms with Gasteiger partial charge in [0.25, 0.3) is 5.91 Å². The summed E-state index contributed by atoms with van der Waals surface area (Å²) in [5.74, 6) is 0.0840. The molecule has 0 radical (unpaired) electrons. The number of aryl methyl sites for hydroxylation is 1. The first-order chi connectivity index (χ1) is 9.60. The van der Waals surface area contributed by atoms with E-state index < -0.39 is 0 Å². The zero-order valence-electron chi connectivity index (χ0n) is 12.3. The van der Waals surface area contributed by atoms with Crippen molar-refractivity contribution >= 4 is 5.91 Å². The molecule has 2 rings (SSSR count). The molecule has 3 N–H and O–H groups in total. The molecule has 0 aromatic heterocycles. The number of hydrogen-bond donors (Lipinski definition) is 3. The number of carbonyl (C=O) groups excluding carboxylic acids is 1. The third kappa shape index (κ3) is 3.73. The summed E-state index contributed by atoms with van der Waals surface area (Å²) in [5.41, 5.74) is 1.31. The minimum atomic E-state index is -0.0906. The van der Waals surface area contributed by atoms with Gasteiger partial charge in [-0.1, -0.05) is 13.0 Å². The van der Waals surface area contributed by atoms with Crippen LogP contribution in [-0.2, 0) is 0 Å². The molecule has 1 saturated carbocycles. The molecule has 4 nitrogen and oxygen atoms in total. The van der Waals surface area contributed by atoms with Gasteiger partial charge in [-0.3, -0.25) is 4.79 Å². The van der Waals surface area contributed by atoms with Gasteiger partial charge in [0.1, 0.15) is 5.75 Å². The fourth-order valence-corrected chi connectivity index (χ4v) is 2.75. The number of aromatic hydroxyl groups is 1. The van der Waals surface area contributed by atoms with Crippen LogP contribution in [0.25, 0.3) is 0 Å². The maximum Gasteiger partial charge on any atom is 0.251 e. The zero-order chi connectivity index (χ0) is 14.5. The van der Waals surface area contributed by atoms with Crippen molar-refractivity contribution < 1.29 is 9.90 Å². The Morgan fingerprint density at radius 3 is 2.50 bits per heavy atom. The van der Waals surface area contributed by atoms with Gasteiger partial charge in [0.15, 0.2) is 0 Å². The van der Waals surface area contributed by atoms with Crippen LogP contribution in [0.5, 0.6) is 5.75 Å². The minimum absolute atomic E-state index is 0.0906. The first kappa shape index (κ1) is 14.9. The lowest BCUT2D eigenvalue weighted by molar-refractivity contribution is 0.0924. The summed E-state index contributed by atoms with van der Waals surface area (Å²) in [6.07, 6.45) is 4.25. The SMILES string of the molecule is CCNC1CCC(NC(=O)c2ccc(C)c(O)c2)CC1. The molecule has 1 amide bonds. The number of nitrogens with one attached hydrogen (secondary N) is 2. The van der Waals surface area contributed by atoms with Gasteiger partial charge in [-0.25, -0.2) is 0 Å². The second-order valence-corrected chi connectivity index (χ2v) is 5.58. The van der Waals surface area contributed by atoms with Gasteiger partial charge < -0.3 is 15.7 Å². The number of hydrogen-bond acceptors (Lipinski definition) is 3. The van der Waals surface area contributed by atoms with Gasteiger partial charge >= 0.3 is 0 Å². The number of phenolic OH excluding ortho intramolecular Hbond substituents is 1. The summed E-state index contributed by atoms with van der Waals surface area (Å²) in [7, 11) is 0. The van der Waals surface area contributed by atoms with Crippen LogP contribution in [-0.4, -0.2) is 29.6 Å². The van der Waals surface area contributed by atoms with Crippen LogP contribution in [0.15, 0.2) is 18.2 Å². The molecule has 0 bridgehead atoms. The summed E-state index contributed by atoms with van der Waals surface area (Å²) in [5, 5.41) is 16.2. The molecule has 1 aromatic rings. The van der Waals surface area contributed by atoms with E-state index in [9.17, 15) is 9.90 Å². The maximum atomic E-state index is 12.1. The van der Waals surface area contributed by atoms with Gasteiger partial charge in [-0.15, -0.1) is 0 Å². The molecular weight excluding hydrogens is 252 g/mol. The van der Waals surface area contributed by atoms with Crippen molar-refractivity contribution in [2.75, 3.05) is 6.54 Å². The van der Waals surface area contributed by atoms with Crippen molar-refractivity contribution in [1.82, 2.24) is 10.6 Å². The first-order valence-corrected chi connectivity index (χ1v) is 7.44. The highest BCUT2D eigenvalue weighted by atomic mass is 16.3. The average molecular weight is 276 g/mol. The fourth-order valence-electron chi connectivity index (χ4n) is 2.75. The molecule has 1 fully saturated rings. The van der Waals surface area contributed by atoms with Gasteiger partial charge in [-0.05, 0) is 56.8 Å². The van der Waals surface area contributed by atoms with Crippen LogP contribution >= 0.6 is 0 Å². The molecule has 4 heteroatoms. The maximum absolute atomic E-state index is 12.1. The normalized spacial score (nSPS) is 22.5. The Labute approximate surface area is 120 Å². The molecule has 0 heterocycles. The monoisotopic (exact) mass is 276 g/mol. The molecule has 0 aliphatic heterocycles. The Bertz CT molecular complexity index is 466. The van der Waals surface area contributed by atoms with E-state index in [1.807, 2.05) is 6.92 Å². The molecule has 110 valence electrons. The average Bonchev–Trinajstić information content (AvgIpc) is 2.44. The van der Waals surface area contributed by atoms with Crippen molar-refractivity contribution in [3.05, 3.63) is 29.3 Å². The number of amides is 1. The van der Waals surface area contributed by atoms with Crippen molar-refractivity contribution in [3.63, 3.8) is 0 Å². The van der Waals surface area contributed by atoms with Crippen LogP contribution < -0.4 is 10.6 Å². The van der Waals surface area contributed by atoms with E-state index in [0.29, 0.717) is 11.6 Å². The standard InChI is InChI=1S/C16H24N2O2/c1-3-17-13-6-8-14(9-7-13)18-16(20)12-5-4-11(2)15(19)10-12/h4-5,10,13-14,17,19H,3,6-9H2,1-2H3,(H,18,20). The Balaban J connectivity index is 1.87. The molecule has 0 unspecified atom stereocenters. The lowest BCUT2D eigenvalue weighted by Gasteiger charge is -2.29. The van der Waals surface area contributed by atoms with Crippen molar-refractivity contribution in [2.45, 2.75) is 51.6 Å². The topological polar surface area (TPSA) is 61.4 Å². The van der Waals surface area contributed by atoms with Crippen LogP contribution in [0.3, 0.4) is 0 Å². The number of phenols is 1. The van der Waals surface area contributed by atoms with Crippen molar-refractivity contribution in [3.8, 4) is 5.75 Å². The lowest BCUT2D eigenvalue weighted by Crippen LogP contribution is -2.42. The predicted molar refractivity (Wildman–Crippen MR) is 80.0 cm³/mol. The second-order valence-electron chi connectivity index (χ2n) is 5.58. The quantitative estimate of drug-likeness (QED) is 0.791. The van der Waals surface area contributed by atoms with E-state index in [0.717, 1.165) is 37.8 Å². The molecule has 0 atom stereocenters. The van der Waals surface area contributed by atoms with Crippen molar-refractivity contribution in [1.29, 1.82) is 0 Å². The molecule has 1 aliphatic rings. The van der Waals surface area contributed by atoms with E-state index in [1.54, 1.807) is 12.1 Å². The molecule has 1 aliphatic carbocycles.